The van der Waals surface area contributed by atoms with E-state index < -0.39 is 22.5 Å². The van der Waals surface area contributed by atoms with Crippen LogP contribution in [0.3, 0.4) is 0 Å². The van der Waals surface area contributed by atoms with E-state index in [0.29, 0.717) is 39.9 Å². The number of sulfonamides is 1. The molecule has 0 saturated heterocycles. The van der Waals surface area contributed by atoms with Crippen LogP contribution >= 0.6 is 11.6 Å². The van der Waals surface area contributed by atoms with Gasteiger partial charge < -0.3 is 10.1 Å². The monoisotopic (exact) mass is 604 g/mol. The van der Waals surface area contributed by atoms with E-state index in [0.717, 1.165) is 4.31 Å². The number of para-hydroxylation sites is 2. The number of hydrogen-bond donors (Lipinski definition) is 2. The SMILES string of the molecule is CCOc1ccccc1N(CC(=O)N/N=C(/C)c1ccc(NC(=O)c2ccccc2)cc1)S(=O)(=O)c1ccc(Cl)cc1. The summed E-state index contributed by atoms with van der Waals surface area (Å²) in [6.45, 7) is 3.22. The van der Waals surface area contributed by atoms with Gasteiger partial charge in [0.1, 0.15) is 12.3 Å². The summed E-state index contributed by atoms with van der Waals surface area (Å²) >= 11 is 5.96. The number of hydrogen-bond acceptors (Lipinski definition) is 6. The van der Waals surface area contributed by atoms with E-state index in [1.54, 1.807) is 86.6 Å². The Morgan fingerprint density at radius 1 is 0.857 bits per heavy atom. The fourth-order valence-corrected chi connectivity index (χ4v) is 5.50. The third kappa shape index (κ3) is 7.54. The van der Waals surface area contributed by atoms with Gasteiger partial charge in [0, 0.05) is 16.3 Å². The molecule has 0 saturated carbocycles. The van der Waals surface area contributed by atoms with Gasteiger partial charge in [0.15, 0.2) is 0 Å². The number of nitrogens with one attached hydrogen (secondary N) is 2. The van der Waals surface area contributed by atoms with Crippen molar-refractivity contribution in [2.24, 2.45) is 5.10 Å². The highest BCUT2D eigenvalue weighted by molar-refractivity contribution is 7.92. The molecule has 0 bridgehead atoms. The molecule has 4 aromatic rings. The van der Waals surface area contributed by atoms with Crippen molar-refractivity contribution < 1.29 is 22.7 Å². The summed E-state index contributed by atoms with van der Waals surface area (Å²) in [6.07, 6.45) is 0. The van der Waals surface area contributed by atoms with Crippen molar-refractivity contribution in [3.05, 3.63) is 119 Å². The van der Waals surface area contributed by atoms with Gasteiger partial charge >= 0.3 is 0 Å². The zero-order chi connectivity index (χ0) is 30.1. The standard InChI is InChI=1S/C31H29ClN4O5S/c1-3-41-29-12-8-7-11-28(29)36(42(39,40)27-19-15-25(32)16-20-27)21-30(37)35-34-22(2)23-13-17-26(18-14-23)33-31(38)24-9-5-4-6-10-24/h4-20H,3,21H2,1-2H3,(H,33,38)(H,35,37)/b34-22-. The summed E-state index contributed by atoms with van der Waals surface area (Å²) in [5, 5.41) is 7.37. The number of ether oxygens (including phenoxy) is 1. The number of hydrazone groups is 1. The summed E-state index contributed by atoms with van der Waals surface area (Å²) in [6, 6.07) is 28.1. The van der Waals surface area contributed by atoms with Crippen molar-refractivity contribution in [2.45, 2.75) is 18.7 Å². The Balaban J connectivity index is 1.50. The van der Waals surface area contributed by atoms with E-state index in [2.05, 4.69) is 15.8 Å². The Kier molecular flexibility index (Phi) is 9.95. The van der Waals surface area contributed by atoms with Crippen LogP contribution in [0.5, 0.6) is 5.75 Å². The van der Waals surface area contributed by atoms with Crippen molar-refractivity contribution in [1.29, 1.82) is 0 Å². The number of nitrogens with zero attached hydrogens (tertiary/aromatic N) is 2. The third-order valence-electron chi connectivity index (χ3n) is 6.07. The van der Waals surface area contributed by atoms with Crippen molar-refractivity contribution in [1.82, 2.24) is 5.43 Å². The molecule has 11 heteroatoms. The predicted octanol–water partition coefficient (Wildman–Crippen LogP) is 5.73. The third-order valence-corrected chi connectivity index (χ3v) is 8.09. The molecule has 0 aliphatic rings. The summed E-state index contributed by atoms with van der Waals surface area (Å²) in [4.78, 5) is 25.4. The lowest BCUT2D eigenvalue weighted by molar-refractivity contribution is -0.119. The summed E-state index contributed by atoms with van der Waals surface area (Å²) < 4.78 is 34.0. The van der Waals surface area contributed by atoms with Crippen molar-refractivity contribution in [2.75, 3.05) is 22.8 Å². The molecule has 2 amide bonds. The molecule has 9 nitrogen and oxygen atoms in total. The Morgan fingerprint density at radius 3 is 2.17 bits per heavy atom. The van der Waals surface area contributed by atoms with Gasteiger partial charge in [0.25, 0.3) is 21.8 Å². The van der Waals surface area contributed by atoms with Gasteiger partial charge in [-0.2, -0.15) is 5.10 Å². The normalized spacial score (nSPS) is 11.5. The zero-order valence-corrected chi connectivity index (χ0v) is 24.5. The van der Waals surface area contributed by atoms with Crippen LogP contribution in [0.4, 0.5) is 11.4 Å². The van der Waals surface area contributed by atoms with E-state index in [1.165, 1.54) is 24.3 Å². The first-order valence-corrected chi connectivity index (χ1v) is 14.8. The van der Waals surface area contributed by atoms with E-state index in [4.69, 9.17) is 16.3 Å². The highest BCUT2D eigenvalue weighted by Gasteiger charge is 2.29. The number of carbonyl (C=O) groups is 2. The Labute approximate surface area is 249 Å². The lowest BCUT2D eigenvalue weighted by atomic mass is 10.1. The molecule has 216 valence electrons. The van der Waals surface area contributed by atoms with Gasteiger partial charge in [-0.1, -0.05) is 54.1 Å². The number of halogens is 1. The van der Waals surface area contributed by atoms with Crippen molar-refractivity contribution in [3.8, 4) is 5.75 Å². The van der Waals surface area contributed by atoms with Crippen LogP contribution in [0.15, 0.2) is 113 Å². The second-order valence-electron chi connectivity index (χ2n) is 9.00. The first-order chi connectivity index (χ1) is 20.2. The van der Waals surface area contributed by atoms with E-state index in [1.807, 2.05) is 6.07 Å². The zero-order valence-electron chi connectivity index (χ0n) is 23.0. The van der Waals surface area contributed by atoms with Gasteiger partial charge in [0.05, 0.1) is 22.9 Å². The molecule has 2 N–H and O–H groups in total. The fraction of sp³-hybridized carbons (Fsp3) is 0.129. The topological polar surface area (TPSA) is 117 Å². The molecule has 0 heterocycles. The number of rotatable bonds is 11. The molecule has 0 aromatic heterocycles. The van der Waals surface area contributed by atoms with E-state index in [-0.39, 0.29) is 16.5 Å². The molecule has 0 radical (unpaired) electrons. The summed E-state index contributed by atoms with van der Waals surface area (Å²) in [7, 11) is -4.18. The number of carbonyl (C=O) groups excluding carboxylic acids is 2. The molecule has 0 unspecified atom stereocenters. The van der Waals surface area contributed by atoms with Gasteiger partial charge in [-0.15, -0.1) is 0 Å². The average molecular weight is 605 g/mol. The van der Waals surface area contributed by atoms with Crippen LogP contribution in [0.1, 0.15) is 29.8 Å². The maximum absolute atomic E-state index is 13.7. The Morgan fingerprint density at radius 2 is 1.50 bits per heavy atom. The number of amides is 2. The second-order valence-corrected chi connectivity index (χ2v) is 11.3. The molecule has 0 fully saturated rings. The van der Waals surface area contributed by atoms with E-state index in [9.17, 15) is 18.0 Å². The highest BCUT2D eigenvalue weighted by atomic mass is 35.5. The molecular weight excluding hydrogens is 576 g/mol. The molecule has 0 atom stereocenters. The van der Waals surface area contributed by atoms with Crippen LogP contribution in [0.2, 0.25) is 5.02 Å². The maximum atomic E-state index is 13.7. The first kappa shape index (κ1) is 30.3. The minimum absolute atomic E-state index is 0.0369. The molecule has 4 rings (SSSR count). The second kappa shape index (κ2) is 13.8. The van der Waals surface area contributed by atoms with Gasteiger partial charge in [-0.25, -0.2) is 13.8 Å². The Bertz CT molecular complexity index is 1680. The molecule has 0 aliphatic carbocycles. The van der Waals surface area contributed by atoms with Crippen molar-refractivity contribution >= 4 is 50.5 Å². The molecule has 0 spiro atoms. The van der Waals surface area contributed by atoms with Crippen molar-refractivity contribution in [3.63, 3.8) is 0 Å². The highest BCUT2D eigenvalue weighted by Crippen LogP contribution is 2.32. The fourth-order valence-electron chi connectivity index (χ4n) is 3.94. The molecular formula is C31H29ClN4O5S. The quantitative estimate of drug-likeness (QED) is 0.168. The predicted molar refractivity (Wildman–Crippen MR) is 165 cm³/mol. The average Bonchev–Trinajstić information content (AvgIpc) is 3.00. The van der Waals surface area contributed by atoms with Crippen LogP contribution in [0, 0.1) is 0 Å². The van der Waals surface area contributed by atoms with Gasteiger partial charge in [0.2, 0.25) is 0 Å². The van der Waals surface area contributed by atoms with Crippen LogP contribution in [-0.2, 0) is 14.8 Å². The maximum Gasteiger partial charge on any atom is 0.264 e. The molecule has 4 aromatic carbocycles. The van der Waals surface area contributed by atoms with E-state index >= 15 is 0 Å². The summed E-state index contributed by atoms with van der Waals surface area (Å²) in [5.74, 6) is -0.584. The minimum atomic E-state index is -4.18. The van der Waals surface area contributed by atoms with Crippen LogP contribution in [-0.4, -0.2) is 39.1 Å². The van der Waals surface area contributed by atoms with Crippen LogP contribution < -0.4 is 19.8 Å². The number of benzene rings is 4. The minimum Gasteiger partial charge on any atom is -0.492 e. The molecule has 0 aliphatic heterocycles. The largest absolute Gasteiger partial charge is 0.492 e. The number of anilines is 2. The Hall–Kier alpha value is -4.67. The lowest BCUT2D eigenvalue weighted by Crippen LogP contribution is -2.40. The van der Waals surface area contributed by atoms with Gasteiger partial charge in [-0.05, 0) is 80.1 Å². The molecule has 42 heavy (non-hydrogen) atoms. The van der Waals surface area contributed by atoms with Gasteiger partial charge in [-0.3, -0.25) is 13.9 Å². The smallest absolute Gasteiger partial charge is 0.264 e. The lowest BCUT2D eigenvalue weighted by Gasteiger charge is -2.25. The first-order valence-electron chi connectivity index (χ1n) is 13.0. The summed E-state index contributed by atoms with van der Waals surface area (Å²) in [5.41, 5.74) is 4.96. The van der Waals surface area contributed by atoms with Crippen LogP contribution in [0.25, 0.3) is 0 Å².